The van der Waals surface area contributed by atoms with Crippen molar-refractivity contribution < 1.29 is 26.4 Å². The SMILES string of the molecule is C[C@H](NS(=O)(=O)c1ccc2c(c1)CN(C(=O)C(F)(F)F)CC2)c1ccc2ccccc2c1. The molecule has 0 radical (unpaired) electrons. The van der Waals surface area contributed by atoms with Crippen LogP contribution in [0.15, 0.2) is 65.6 Å². The zero-order chi connectivity index (χ0) is 23.1. The lowest BCUT2D eigenvalue weighted by molar-refractivity contribution is -0.186. The molecule has 1 aliphatic heterocycles. The Morgan fingerprint density at radius 3 is 2.44 bits per heavy atom. The van der Waals surface area contributed by atoms with Crippen molar-refractivity contribution in [3.63, 3.8) is 0 Å². The fourth-order valence-corrected chi connectivity index (χ4v) is 5.18. The van der Waals surface area contributed by atoms with E-state index in [1.165, 1.54) is 12.1 Å². The van der Waals surface area contributed by atoms with Crippen LogP contribution in [0.1, 0.15) is 29.7 Å². The van der Waals surface area contributed by atoms with E-state index in [-0.39, 0.29) is 24.4 Å². The van der Waals surface area contributed by atoms with E-state index < -0.39 is 28.1 Å². The fourth-order valence-electron chi connectivity index (χ4n) is 3.90. The van der Waals surface area contributed by atoms with Crippen LogP contribution in [0.25, 0.3) is 10.8 Å². The molecule has 0 unspecified atom stereocenters. The highest BCUT2D eigenvalue weighted by molar-refractivity contribution is 7.89. The summed E-state index contributed by atoms with van der Waals surface area (Å²) in [5.41, 5.74) is 1.92. The van der Waals surface area contributed by atoms with E-state index in [1.54, 1.807) is 13.0 Å². The van der Waals surface area contributed by atoms with Crippen LogP contribution in [-0.2, 0) is 27.8 Å². The highest BCUT2D eigenvalue weighted by atomic mass is 32.2. The van der Waals surface area contributed by atoms with Crippen molar-refractivity contribution in [2.75, 3.05) is 6.54 Å². The lowest BCUT2D eigenvalue weighted by Gasteiger charge is -2.29. The van der Waals surface area contributed by atoms with Gasteiger partial charge < -0.3 is 4.90 Å². The molecule has 0 spiro atoms. The molecule has 1 aliphatic rings. The zero-order valence-corrected chi connectivity index (χ0v) is 18.0. The van der Waals surface area contributed by atoms with Crippen molar-refractivity contribution in [1.29, 1.82) is 0 Å². The molecule has 168 valence electrons. The van der Waals surface area contributed by atoms with Crippen LogP contribution in [-0.4, -0.2) is 31.9 Å². The molecule has 9 heteroatoms. The van der Waals surface area contributed by atoms with Crippen LogP contribution in [0.3, 0.4) is 0 Å². The molecule has 0 bridgehead atoms. The molecular weight excluding hydrogens is 441 g/mol. The van der Waals surface area contributed by atoms with Gasteiger partial charge in [-0.3, -0.25) is 4.79 Å². The smallest absolute Gasteiger partial charge is 0.330 e. The van der Waals surface area contributed by atoms with Crippen LogP contribution in [0, 0.1) is 0 Å². The quantitative estimate of drug-likeness (QED) is 0.628. The third kappa shape index (κ3) is 4.49. The maximum Gasteiger partial charge on any atom is 0.471 e. The van der Waals surface area contributed by atoms with Gasteiger partial charge in [0.2, 0.25) is 10.0 Å². The average Bonchev–Trinajstić information content (AvgIpc) is 2.76. The number of carbonyl (C=O) groups excluding carboxylic acids is 1. The van der Waals surface area contributed by atoms with Crippen LogP contribution < -0.4 is 4.72 Å². The van der Waals surface area contributed by atoms with Gasteiger partial charge in [-0.2, -0.15) is 13.2 Å². The summed E-state index contributed by atoms with van der Waals surface area (Å²) in [6.45, 7) is 1.38. The molecule has 0 aliphatic carbocycles. The first-order valence-corrected chi connectivity index (χ1v) is 11.5. The molecule has 0 saturated carbocycles. The van der Waals surface area contributed by atoms with Crippen LogP contribution in [0.5, 0.6) is 0 Å². The number of benzene rings is 3. The molecule has 3 aromatic rings. The molecular formula is C23H21F3N2O3S. The minimum Gasteiger partial charge on any atom is -0.330 e. The molecule has 1 amide bonds. The van der Waals surface area contributed by atoms with E-state index in [9.17, 15) is 26.4 Å². The molecule has 1 atom stereocenters. The molecule has 0 fully saturated rings. The summed E-state index contributed by atoms with van der Waals surface area (Å²) >= 11 is 0. The van der Waals surface area contributed by atoms with Crippen molar-refractivity contribution in [3.05, 3.63) is 77.4 Å². The third-order valence-corrected chi connectivity index (χ3v) is 7.17. The lowest BCUT2D eigenvalue weighted by atomic mass is 10.00. The summed E-state index contributed by atoms with van der Waals surface area (Å²) < 4.78 is 66.9. The second kappa shape index (κ2) is 8.22. The predicted octanol–water partition coefficient (Wildman–Crippen LogP) is 4.33. The van der Waals surface area contributed by atoms with Gasteiger partial charge in [0.25, 0.3) is 0 Å². The number of amides is 1. The maximum absolute atomic E-state index is 13.0. The minimum absolute atomic E-state index is 0.0507. The number of carbonyl (C=O) groups is 1. The third-order valence-electron chi connectivity index (χ3n) is 5.64. The van der Waals surface area contributed by atoms with Crippen molar-refractivity contribution in [1.82, 2.24) is 9.62 Å². The summed E-state index contributed by atoms with van der Waals surface area (Å²) in [6.07, 6.45) is -4.73. The molecule has 1 heterocycles. The Labute approximate surface area is 183 Å². The number of nitrogens with zero attached hydrogens (tertiary/aromatic N) is 1. The Morgan fingerprint density at radius 1 is 1.00 bits per heavy atom. The fraction of sp³-hybridized carbons (Fsp3) is 0.261. The average molecular weight is 462 g/mol. The highest BCUT2D eigenvalue weighted by Crippen LogP contribution is 2.27. The number of sulfonamides is 1. The number of rotatable bonds is 4. The van der Waals surface area contributed by atoms with Crippen molar-refractivity contribution in [2.24, 2.45) is 0 Å². The largest absolute Gasteiger partial charge is 0.471 e. The number of hydrogen-bond donors (Lipinski definition) is 1. The second-order valence-corrected chi connectivity index (χ2v) is 9.57. The topological polar surface area (TPSA) is 66.5 Å². The van der Waals surface area contributed by atoms with Crippen LogP contribution >= 0.6 is 0 Å². The number of fused-ring (bicyclic) bond motifs is 2. The van der Waals surface area contributed by atoms with Gasteiger partial charge in [0.15, 0.2) is 0 Å². The van der Waals surface area contributed by atoms with Crippen molar-refractivity contribution in [3.8, 4) is 0 Å². The van der Waals surface area contributed by atoms with Gasteiger partial charge in [0.05, 0.1) is 4.90 Å². The second-order valence-electron chi connectivity index (χ2n) is 7.85. The molecule has 0 saturated heterocycles. The number of hydrogen-bond acceptors (Lipinski definition) is 3. The Balaban J connectivity index is 1.56. The normalized spacial score (nSPS) is 15.4. The minimum atomic E-state index is -4.96. The molecule has 5 nitrogen and oxygen atoms in total. The Morgan fingerprint density at radius 2 is 1.72 bits per heavy atom. The molecule has 0 aromatic heterocycles. The van der Waals surface area contributed by atoms with Gasteiger partial charge in [-0.1, -0.05) is 42.5 Å². The summed E-state index contributed by atoms with van der Waals surface area (Å²) in [7, 11) is -3.94. The van der Waals surface area contributed by atoms with E-state index in [1.807, 2.05) is 42.5 Å². The summed E-state index contributed by atoms with van der Waals surface area (Å²) in [6, 6.07) is 17.3. The lowest BCUT2D eigenvalue weighted by Crippen LogP contribution is -2.43. The van der Waals surface area contributed by atoms with Crippen LogP contribution in [0.2, 0.25) is 0 Å². The summed E-state index contributed by atoms with van der Waals surface area (Å²) in [4.78, 5) is 12.2. The summed E-state index contributed by atoms with van der Waals surface area (Å²) in [5.74, 6) is -1.92. The van der Waals surface area contributed by atoms with Crippen molar-refractivity contribution in [2.45, 2.75) is 37.0 Å². The van der Waals surface area contributed by atoms with E-state index >= 15 is 0 Å². The molecule has 32 heavy (non-hydrogen) atoms. The van der Waals surface area contributed by atoms with Gasteiger partial charge in [-0.25, -0.2) is 13.1 Å². The number of nitrogens with one attached hydrogen (secondary N) is 1. The first-order valence-electron chi connectivity index (χ1n) is 10.0. The maximum atomic E-state index is 13.0. The monoisotopic (exact) mass is 462 g/mol. The van der Waals surface area contributed by atoms with Crippen molar-refractivity contribution >= 4 is 26.7 Å². The van der Waals surface area contributed by atoms with Gasteiger partial charge in [0.1, 0.15) is 0 Å². The molecule has 1 N–H and O–H groups in total. The number of halogens is 3. The van der Waals surface area contributed by atoms with E-state index in [2.05, 4.69) is 4.72 Å². The van der Waals surface area contributed by atoms with E-state index in [0.717, 1.165) is 21.9 Å². The Kier molecular flexibility index (Phi) is 5.72. The summed E-state index contributed by atoms with van der Waals surface area (Å²) in [5, 5.41) is 2.03. The van der Waals surface area contributed by atoms with E-state index in [4.69, 9.17) is 0 Å². The van der Waals surface area contributed by atoms with Gasteiger partial charge in [-0.15, -0.1) is 0 Å². The van der Waals surface area contributed by atoms with Gasteiger partial charge in [-0.05, 0) is 59.0 Å². The first-order chi connectivity index (χ1) is 15.0. The van der Waals surface area contributed by atoms with Gasteiger partial charge >= 0.3 is 12.1 Å². The first kappa shape index (κ1) is 22.3. The highest BCUT2D eigenvalue weighted by Gasteiger charge is 2.43. The Hall–Kier alpha value is -2.91. The van der Waals surface area contributed by atoms with Gasteiger partial charge in [0, 0.05) is 19.1 Å². The van der Waals surface area contributed by atoms with E-state index in [0.29, 0.717) is 10.5 Å². The molecule has 3 aromatic carbocycles. The predicted molar refractivity (Wildman–Crippen MR) is 114 cm³/mol. The zero-order valence-electron chi connectivity index (χ0n) is 17.2. The molecule has 4 rings (SSSR count). The standard InChI is InChI=1S/C23H21F3N2O3S/c1-15(18-7-6-16-4-2-3-5-19(16)12-18)27-32(30,31)21-9-8-17-10-11-28(14-20(17)13-21)22(29)23(24,25)26/h2-9,12-13,15,27H,10-11,14H2,1H3/t15-/m0/s1. The van der Waals surface area contributed by atoms with Crippen LogP contribution in [0.4, 0.5) is 13.2 Å². The number of alkyl halides is 3. The Bertz CT molecular complexity index is 1290.